The van der Waals surface area contributed by atoms with Crippen molar-refractivity contribution in [1.29, 1.82) is 0 Å². The summed E-state index contributed by atoms with van der Waals surface area (Å²) in [4.78, 5) is 35.3. The third-order valence-electron chi connectivity index (χ3n) is 3.94. The van der Waals surface area contributed by atoms with Crippen molar-refractivity contribution in [2.24, 2.45) is 0 Å². The van der Waals surface area contributed by atoms with Gasteiger partial charge in [0.25, 0.3) is 11.8 Å². The van der Waals surface area contributed by atoms with Crippen LogP contribution in [0.15, 0.2) is 35.1 Å². The van der Waals surface area contributed by atoms with Gasteiger partial charge in [-0.15, -0.1) is 4.68 Å². The summed E-state index contributed by atoms with van der Waals surface area (Å²) in [6.07, 6.45) is 3.01. The highest BCUT2D eigenvalue weighted by molar-refractivity contribution is 6.02. The molecule has 152 valence electrons. The van der Waals surface area contributed by atoms with Gasteiger partial charge in [-0.3, -0.25) is 14.3 Å². The Morgan fingerprint density at radius 1 is 1.34 bits per heavy atom. The number of hydrogen-bond acceptors (Lipinski definition) is 7. The molecule has 0 atom stereocenters. The van der Waals surface area contributed by atoms with Crippen molar-refractivity contribution in [3.05, 3.63) is 57.9 Å². The fourth-order valence-electron chi connectivity index (χ4n) is 2.63. The summed E-state index contributed by atoms with van der Waals surface area (Å²) in [5.74, 6) is -0.796. The molecule has 0 bridgehead atoms. The molecule has 3 aromatic heterocycles. The van der Waals surface area contributed by atoms with Crippen LogP contribution in [0.5, 0.6) is 0 Å². The van der Waals surface area contributed by atoms with Crippen LogP contribution in [0.2, 0.25) is 0 Å². The van der Waals surface area contributed by atoms with Crippen molar-refractivity contribution in [3.8, 4) is 0 Å². The van der Waals surface area contributed by atoms with Crippen LogP contribution in [0.1, 0.15) is 28.9 Å². The number of aromatic nitrogens is 4. The predicted molar refractivity (Wildman–Crippen MR) is 100 cm³/mol. The first-order valence-electron chi connectivity index (χ1n) is 8.74. The molecular formula is C17H19N7O5. The monoisotopic (exact) mass is 401 g/mol. The lowest BCUT2D eigenvalue weighted by atomic mass is 10.3. The molecule has 0 fully saturated rings. The molecule has 3 rings (SSSR count). The lowest BCUT2D eigenvalue weighted by molar-refractivity contribution is -0.392. The molecule has 0 saturated carbocycles. The molecule has 0 spiro atoms. The SMILES string of the molecule is CCn1cc(NC(=O)Cn2nc(C)cc2[N+](=O)[O-])c(C(=O)NCc2ccco2)n1. The summed E-state index contributed by atoms with van der Waals surface area (Å²) in [5.41, 5.74) is 0.638. The van der Waals surface area contributed by atoms with E-state index in [1.165, 1.54) is 23.2 Å². The fraction of sp³-hybridized carbons (Fsp3) is 0.294. The normalized spacial score (nSPS) is 10.7. The van der Waals surface area contributed by atoms with E-state index in [9.17, 15) is 19.7 Å². The molecule has 29 heavy (non-hydrogen) atoms. The number of anilines is 1. The Labute approximate surface area is 164 Å². The van der Waals surface area contributed by atoms with Gasteiger partial charge in [0.1, 0.15) is 5.76 Å². The topological polar surface area (TPSA) is 150 Å². The summed E-state index contributed by atoms with van der Waals surface area (Å²) < 4.78 is 7.65. The summed E-state index contributed by atoms with van der Waals surface area (Å²) in [6.45, 7) is 3.69. The molecule has 2 amide bonds. The maximum atomic E-state index is 12.5. The largest absolute Gasteiger partial charge is 0.467 e. The van der Waals surface area contributed by atoms with Gasteiger partial charge in [-0.25, -0.2) is 0 Å². The molecule has 0 unspecified atom stereocenters. The number of carbonyl (C=O) groups is 2. The lowest BCUT2D eigenvalue weighted by Crippen LogP contribution is -2.26. The lowest BCUT2D eigenvalue weighted by Gasteiger charge is -2.05. The van der Waals surface area contributed by atoms with Crippen molar-refractivity contribution in [2.45, 2.75) is 33.5 Å². The van der Waals surface area contributed by atoms with E-state index in [4.69, 9.17) is 4.42 Å². The van der Waals surface area contributed by atoms with Gasteiger partial charge in [0.2, 0.25) is 0 Å². The zero-order valence-electron chi connectivity index (χ0n) is 15.8. The van der Waals surface area contributed by atoms with Gasteiger partial charge in [-0.05, 0) is 30.9 Å². The van der Waals surface area contributed by atoms with E-state index in [0.717, 1.165) is 4.68 Å². The number of aryl methyl sites for hydroxylation is 2. The second kappa shape index (κ2) is 8.37. The van der Waals surface area contributed by atoms with Crippen molar-refractivity contribution >= 4 is 23.3 Å². The summed E-state index contributed by atoms with van der Waals surface area (Å²) in [6, 6.07) is 4.69. The standard InChI is InChI=1S/C17H19N7O5/c1-3-22-9-13(16(21-22)17(26)18-8-12-5-4-6-29-12)19-14(25)10-23-15(24(27)28)7-11(2)20-23/h4-7,9H,3,8,10H2,1-2H3,(H,18,26)(H,19,25). The zero-order chi connectivity index (χ0) is 21.0. The summed E-state index contributed by atoms with van der Waals surface area (Å²) in [7, 11) is 0. The third-order valence-corrected chi connectivity index (χ3v) is 3.94. The van der Waals surface area contributed by atoms with Gasteiger partial charge in [-0.2, -0.15) is 5.10 Å². The third kappa shape index (κ3) is 4.66. The smallest absolute Gasteiger partial charge is 0.345 e. The Balaban J connectivity index is 1.73. The van der Waals surface area contributed by atoms with Gasteiger partial charge in [0, 0.05) is 12.7 Å². The first-order valence-corrected chi connectivity index (χ1v) is 8.74. The van der Waals surface area contributed by atoms with Crippen molar-refractivity contribution in [3.63, 3.8) is 0 Å². The Hall–Kier alpha value is -3.96. The van der Waals surface area contributed by atoms with Crippen LogP contribution in [0.4, 0.5) is 11.5 Å². The average molecular weight is 401 g/mol. The Bertz CT molecular complexity index is 1030. The van der Waals surface area contributed by atoms with Crippen LogP contribution in [0, 0.1) is 17.0 Å². The van der Waals surface area contributed by atoms with Gasteiger partial charge >= 0.3 is 5.82 Å². The quantitative estimate of drug-likeness (QED) is 0.428. The van der Waals surface area contributed by atoms with Crippen LogP contribution < -0.4 is 10.6 Å². The molecule has 3 aromatic rings. The van der Waals surface area contributed by atoms with Crippen LogP contribution in [0.25, 0.3) is 0 Å². The Morgan fingerprint density at radius 2 is 2.14 bits per heavy atom. The zero-order valence-corrected chi connectivity index (χ0v) is 15.8. The molecule has 12 nitrogen and oxygen atoms in total. The van der Waals surface area contributed by atoms with Crippen LogP contribution >= 0.6 is 0 Å². The number of nitro groups is 1. The fourth-order valence-corrected chi connectivity index (χ4v) is 2.63. The van der Waals surface area contributed by atoms with Crippen molar-refractivity contribution in [1.82, 2.24) is 24.9 Å². The number of amides is 2. The Morgan fingerprint density at radius 3 is 2.79 bits per heavy atom. The van der Waals surface area contributed by atoms with E-state index >= 15 is 0 Å². The minimum atomic E-state index is -0.615. The van der Waals surface area contributed by atoms with E-state index in [2.05, 4.69) is 20.8 Å². The number of nitrogens with one attached hydrogen (secondary N) is 2. The van der Waals surface area contributed by atoms with Crippen molar-refractivity contribution < 1.29 is 18.9 Å². The second-order valence-corrected chi connectivity index (χ2v) is 6.12. The molecule has 0 aliphatic rings. The molecule has 12 heteroatoms. The highest BCUT2D eigenvalue weighted by atomic mass is 16.6. The van der Waals surface area contributed by atoms with E-state index in [1.54, 1.807) is 19.1 Å². The maximum absolute atomic E-state index is 12.5. The molecule has 2 N–H and O–H groups in total. The van der Waals surface area contributed by atoms with Gasteiger partial charge in [-0.1, -0.05) is 5.10 Å². The number of furan rings is 1. The second-order valence-electron chi connectivity index (χ2n) is 6.12. The molecule has 0 aliphatic carbocycles. The molecule has 3 heterocycles. The van der Waals surface area contributed by atoms with Crippen LogP contribution in [-0.2, 0) is 24.4 Å². The minimum Gasteiger partial charge on any atom is -0.467 e. The number of nitrogens with zero attached hydrogens (tertiary/aromatic N) is 5. The predicted octanol–water partition coefficient (Wildman–Crippen LogP) is 1.48. The van der Waals surface area contributed by atoms with Crippen LogP contribution in [0.3, 0.4) is 0 Å². The highest BCUT2D eigenvalue weighted by Crippen LogP contribution is 2.16. The first-order chi connectivity index (χ1) is 13.9. The molecule has 0 saturated heterocycles. The van der Waals surface area contributed by atoms with E-state index in [-0.39, 0.29) is 30.3 Å². The summed E-state index contributed by atoms with van der Waals surface area (Å²) >= 11 is 0. The average Bonchev–Trinajstić information content (AvgIpc) is 3.39. The Kier molecular flexibility index (Phi) is 5.71. The van der Waals surface area contributed by atoms with Crippen LogP contribution in [-0.4, -0.2) is 36.3 Å². The molecule has 0 aliphatic heterocycles. The van der Waals surface area contributed by atoms with Gasteiger partial charge in [0.05, 0.1) is 30.3 Å². The first kappa shape index (κ1) is 19.8. The van der Waals surface area contributed by atoms with Crippen molar-refractivity contribution in [2.75, 3.05) is 5.32 Å². The van der Waals surface area contributed by atoms with E-state index in [0.29, 0.717) is 18.0 Å². The minimum absolute atomic E-state index is 0.0258. The number of rotatable bonds is 8. The molecular weight excluding hydrogens is 382 g/mol. The van der Waals surface area contributed by atoms with Gasteiger partial charge in [0.15, 0.2) is 12.2 Å². The summed E-state index contributed by atoms with van der Waals surface area (Å²) in [5, 5.41) is 24.4. The van der Waals surface area contributed by atoms with E-state index < -0.39 is 16.7 Å². The highest BCUT2D eigenvalue weighted by Gasteiger charge is 2.23. The van der Waals surface area contributed by atoms with E-state index in [1.807, 2.05) is 6.92 Å². The molecule has 0 aromatic carbocycles. The maximum Gasteiger partial charge on any atom is 0.345 e. The number of carbonyl (C=O) groups excluding carboxylic acids is 2. The van der Waals surface area contributed by atoms with Gasteiger partial charge < -0.3 is 25.2 Å². The number of hydrogen-bond donors (Lipinski definition) is 2. The molecule has 0 radical (unpaired) electrons.